The SMILES string of the molecule is COc1ccccc1C(=O)NCC1CC(=O)N(Cc2ccc(F)cc2)C1. The standard InChI is InChI=1S/C20H21FN2O3/c1-26-18-5-3-2-4-17(18)20(25)22-11-15-10-19(24)23(13-15)12-14-6-8-16(21)9-7-14/h2-9,15H,10-13H2,1H3,(H,22,25). The summed E-state index contributed by atoms with van der Waals surface area (Å²) in [5.41, 5.74) is 1.36. The molecule has 5 nitrogen and oxygen atoms in total. The average molecular weight is 356 g/mol. The number of nitrogens with one attached hydrogen (secondary N) is 1. The van der Waals surface area contributed by atoms with Crippen molar-refractivity contribution >= 4 is 11.8 Å². The Hall–Kier alpha value is -2.89. The Morgan fingerprint density at radius 3 is 2.69 bits per heavy atom. The molecular formula is C20H21FN2O3. The summed E-state index contributed by atoms with van der Waals surface area (Å²) in [6.45, 7) is 1.45. The van der Waals surface area contributed by atoms with Gasteiger partial charge in [0.25, 0.3) is 5.91 Å². The first-order chi connectivity index (χ1) is 12.6. The third-order valence-electron chi connectivity index (χ3n) is 4.48. The number of carbonyl (C=O) groups excluding carboxylic acids is 2. The third kappa shape index (κ3) is 4.20. The third-order valence-corrected chi connectivity index (χ3v) is 4.48. The summed E-state index contributed by atoms with van der Waals surface area (Å²) in [6.07, 6.45) is 0.396. The van der Waals surface area contributed by atoms with E-state index in [2.05, 4.69) is 5.32 Å². The second-order valence-corrected chi connectivity index (χ2v) is 6.38. The van der Waals surface area contributed by atoms with Crippen LogP contribution in [0.15, 0.2) is 48.5 Å². The molecule has 2 amide bonds. The number of halogens is 1. The summed E-state index contributed by atoms with van der Waals surface area (Å²) in [6, 6.07) is 13.2. The van der Waals surface area contributed by atoms with Gasteiger partial charge in [-0.15, -0.1) is 0 Å². The summed E-state index contributed by atoms with van der Waals surface area (Å²) in [7, 11) is 1.52. The van der Waals surface area contributed by atoms with Crippen LogP contribution in [0.2, 0.25) is 0 Å². The van der Waals surface area contributed by atoms with Gasteiger partial charge >= 0.3 is 0 Å². The van der Waals surface area contributed by atoms with Crippen LogP contribution in [0.3, 0.4) is 0 Å². The molecular weight excluding hydrogens is 335 g/mol. The zero-order valence-electron chi connectivity index (χ0n) is 14.6. The topological polar surface area (TPSA) is 58.6 Å². The summed E-state index contributed by atoms with van der Waals surface area (Å²) in [5.74, 6) is 0.114. The highest BCUT2D eigenvalue weighted by Crippen LogP contribution is 2.21. The van der Waals surface area contributed by atoms with E-state index < -0.39 is 0 Å². The molecule has 0 aromatic heterocycles. The maximum atomic E-state index is 13.0. The molecule has 1 aliphatic heterocycles. The van der Waals surface area contributed by atoms with Crippen LogP contribution in [-0.4, -0.2) is 36.9 Å². The number of benzene rings is 2. The van der Waals surface area contributed by atoms with Gasteiger partial charge in [-0.3, -0.25) is 9.59 Å². The second-order valence-electron chi connectivity index (χ2n) is 6.38. The molecule has 1 aliphatic rings. The molecule has 0 bridgehead atoms. The first kappa shape index (κ1) is 17.9. The van der Waals surface area contributed by atoms with E-state index in [4.69, 9.17) is 4.74 Å². The van der Waals surface area contributed by atoms with Crippen LogP contribution in [0, 0.1) is 11.7 Å². The van der Waals surface area contributed by atoms with Gasteiger partial charge in [-0.2, -0.15) is 0 Å². The minimum atomic E-state index is -0.293. The number of para-hydroxylation sites is 1. The number of ether oxygens (including phenoxy) is 1. The lowest BCUT2D eigenvalue weighted by Crippen LogP contribution is -2.31. The normalized spacial score (nSPS) is 16.6. The number of carbonyl (C=O) groups is 2. The number of methoxy groups -OCH3 is 1. The van der Waals surface area contributed by atoms with E-state index in [1.54, 1.807) is 41.3 Å². The molecule has 0 saturated carbocycles. The minimum Gasteiger partial charge on any atom is -0.496 e. The van der Waals surface area contributed by atoms with Crippen molar-refractivity contribution in [2.75, 3.05) is 20.2 Å². The van der Waals surface area contributed by atoms with E-state index >= 15 is 0 Å². The first-order valence-corrected chi connectivity index (χ1v) is 8.50. The van der Waals surface area contributed by atoms with Crippen LogP contribution in [0.25, 0.3) is 0 Å². The molecule has 0 aliphatic carbocycles. The molecule has 6 heteroatoms. The van der Waals surface area contributed by atoms with Crippen molar-refractivity contribution in [3.8, 4) is 5.75 Å². The van der Waals surface area contributed by atoms with Gasteiger partial charge in [0.05, 0.1) is 12.7 Å². The Labute approximate surface area is 151 Å². The zero-order chi connectivity index (χ0) is 18.5. The molecule has 2 aromatic carbocycles. The van der Waals surface area contributed by atoms with Crippen LogP contribution in [0.1, 0.15) is 22.3 Å². The molecule has 26 heavy (non-hydrogen) atoms. The predicted octanol–water partition coefficient (Wildman–Crippen LogP) is 2.61. The Morgan fingerprint density at radius 1 is 1.23 bits per heavy atom. The van der Waals surface area contributed by atoms with Gasteiger partial charge in [0, 0.05) is 32.0 Å². The van der Waals surface area contributed by atoms with E-state index in [-0.39, 0.29) is 23.5 Å². The van der Waals surface area contributed by atoms with Crippen LogP contribution >= 0.6 is 0 Å². The quantitative estimate of drug-likeness (QED) is 0.866. The van der Waals surface area contributed by atoms with Crippen molar-refractivity contribution in [3.05, 3.63) is 65.5 Å². The molecule has 136 valence electrons. The maximum Gasteiger partial charge on any atom is 0.255 e. The van der Waals surface area contributed by atoms with Crippen LogP contribution in [0.5, 0.6) is 5.75 Å². The highest BCUT2D eigenvalue weighted by atomic mass is 19.1. The second kappa shape index (κ2) is 7.99. The van der Waals surface area contributed by atoms with Gasteiger partial charge < -0.3 is 15.0 Å². The molecule has 1 heterocycles. The minimum absolute atomic E-state index is 0.0471. The van der Waals surface area contributed by atoms with Gasteiger partial charge in [-0.05, 0) is 29.8 Å². The summed E-state index contributed by atoms with van der Waals surface area (Å²) >= 11 is 0. The lowest BCUT2D eigenvalue weighted by atomic mass is 10.1. The fourth-order valence-electron chi connectivity index (χ4n) is 3.12. The smallest absolute Gasteiger partial charge is 0.255 e. The summed E-state index contributed by atoms with van der Waals surface area (Å²) in [4.78, 5) is 26.3. The van der Waals surface area contributed by atoms with E-state index in [1.165, 1.54) is 19.2 Å². The van der Waals surface area contributed by atoms with Crippen molar-refractivity contribution in [2.24, 2.45) is 5.92 Å². The highest BCUT2D eigenvalue weighted by Gasteiger charge is 2.29. The molecule has 1 fully saturated rings. The molecule has 1 unspecified atom stereocenters. The lowest BCUT2D eigenvalue weighted by Gasteiger charge is -2.17. The van der Waals surface area contributed by atoms with Crippen molar-refractivity contribution in [1.82, 2.24) is 10.2 Å². The van der Waals surface area contributed by atoms with E-state index in [9.17, 15) is 14.0 Å². The molecule has 2 aromatic rings. The lowest BCUT2D eigenvalue weighted by molar-refractivity contribution is -0.128. The Morgan fingerprint density at radius 2 is 1.96 bits per heavy atom. The fraction of sp³-hybridized carbons (Fsp3) is 0.300. The molecule has 3 rings (SSSR count). The van der Waals surface area contributed by atoms with Gasteiger partial charge in [-0.25, -0.2) is 4.39 Å². The molecule has 0 radical (unpaired) electrons. The fourth-order valence-corrected chi connectivity index (χ4v) is 3.12. The number of rotatable bonds is 6. The maximum absolute atomic E-state index is 13.0. The van der Waals surface area contributed by atoms with E-state index in [1.807, 2.05) is 0 Å². The van der Waals surface area contributed by atoms with Crippen LogP contribution in [-0.2, 0) is 11.3 Å². The van der Waals surface area contributed by atoms with Gasteiger partial charge in [0.2, 0.25) is 5.91 Å². The van der Waals surface area contributed by atoms with Crippen LogP contribution in [0.4, 0.5) is 4.39 Å². The van der Waals surface area contributed by atoms with Gasteiger partial charge in [0.15, 0.2) is 0 Å². The summed E-state index contributed by atoms with van der Waals surface area (Å²) < 4.78 is 18.2. The Bertz CT molecular complexity index is 792. The number of hydrogen-bond donors (Lipinski definition) is 1. The zero-order valence-corrected chi connectivity index (χ0v) is 14.6. The Balaban J connectivity index is 1.54. The number of likely N-dealkylation sites (tertiary alicyclic amines) is 1. The monoisotopic (exact) mass is 356 g/mol. The van der Waals surface area contributed by atoms with Crippen molar-refractivity contribution in [1.29, 1.82) is 0 Å². The molecule has 1 N–H and O–H groups in total. The van der Waals surface area contributed by atoms with Gasteiger partial charge in [-0.1, -0.05) is 24.3 Å². The molecule has 1 saturated heterocycles. The van der Waals surface area contributed by atoms with Crippen molar-refractivity contribution in [2.45, 2.75) is 13.0 Å². The number of hydrogen-bond acceptors (Lipinski definition) is 3. The predicted molar refractivity (Wildman–Crippen MR) is 95.3 cm³/mol. The van der Waals surface area contributed by atoms with Crippen molar-refractivity contribution in [3.63, 3.8) is 0 Å². The summed E-state index contributed by atoms with van der Waals surface area (Å²) in [5, 5.41) is 2.88. The Kier molecular flexibility index (Phi) is 5.51. The highest BCUT2D eigenvalue weighted by molar-refractivity contribution is 5.96. The van der Waals surface area contributed by atoms with E-state index in [0.29, 0.717) is 37.4 Å². The van der Waals surface area contributed by atoms with E-state index in [0.717, 1.165) is 5.56 Å². The van der Waals surface area contributed by atoms with Gasteiger partial charge in [0.1, 0.15) is 11.6 Å². The number of amides is 2. The molecule has 1 atom stereocenters. The molecule has 0 spiro atoms. The average Bonchev–Trinajstić information content (AvgIpc) is 3.01. The first-order valence-electron chi connectivity index (χ1n) is 8.50. The largest absolute Gasteiger partial charge is 0.496 e. The number of nitrogens with zero attached hydrogens (tertiary/aromatic N) is 1. The van der Waals surface area contributed by atoms with Crippen molar-refractivity contribution < 1.29 is 18.7 Å². The van der Waals surface area contributed by atoms with Crippen LogP contribution < -0.4 is 10.1 Å².